The highest BCUT2D eigenvalue weighted by atomic mass is 16.5. The highest BCUT2D eigenvalue weighted by Gasteiger charge is 2.50. The molecule has 2 amide bonds. The lowest BCUT2D eigenvalue weighted by Crippen LogP contribution is -2.69. The normalized spacial score (nSPS) is 25.9. The number of amides is 2. The number of benzene rings is 2. The Morgan fingerprint density at radius 2 is 1.93 bits per heavy atom. The smallest absolute Gasteiger partial charge is 0.318 e. The summed E-state index contributed by atoms with van der Waals surface area (Å²) in [6, 6.07) is 11.9. The van der Waals surface area contributed by atoms with Crippen molar-refractivity contribution >= 4 is 6.03 Å². The Balaban J connectivity index is 1.87. The van der Waals surface area contributed by atoms with Gasteiger partial charge in [-0.1, -0.05) is 35.9 Å². The van der Waals surface area contributed by atoms with Crippen molar-refractivity contribution < 1.29 is 14.6 Å². The number of ether oxygens (including phenoxy) is 1. The fourth-order valence-electron chi connectivity index (χ4n) is 4.51. The van der Waals surface area contributed by atoms with Crippen molar-refractivity contribution in [3.63, 3.8) is 0 Å². The van der Waals surface area contributed by atoms with Crippen molar-refractivity contribution in [3.05, 3.63) is 58.7 Å². The van der Waals surface area contributed by atoms with Crippen LogP contribution in [0, 0.1) is 13.8 Å². The van der Waals surface area contributed by atoms with Crippen LogP contribution in [-0.2, 0) is 0 Å². The topological polar surface area (TPSA) is 70.6 Å². The Kier molecular flexibility index (Phi) is 3.88. The van der Waals surface area contributed by atoms with Crippen LogP contribution in [0.3, 0.4) is 0 Å². The molecule has 2 aromatic rings. The number of phenolic OH excluding ortho intramolecular Hbond substituents is 1. The Morgan fingerprint density at radius 1 is 1.15 bits per heavy atom. The lowest BCUT2D eigenvalue weighted by Gasteiger charge is -2.49. The van der Waals surface area contributed by atoms with E-state index < -0.39 is 5.72 Å². The molecule has 0 aromatic heterocycles. The molecular weight excluding hydrogens is 340 g/mol. The van der Waals surface area contributed by atoms with E-state index in [4.69, 9.17) is 4.74 Å². The molecule has 142 valence electrons. The summed E-state index contributed by atoms with van der Waals surface area (Å²) < 4.78 is 6.43. The molecule has 5 heteroatoms. The van der Waals surface area contributed by atoms with Crippen LogP contribution < -0.4 is 15.4 Å². The van der Waals surface area contributed by atoms with Gasteiger partial charge in [0.25, 0.3) is 0 Å². The van der Waals surface area contributed by atoms with Crippen molar-refractivity contribution in [1.82, 2.24) is 10.6 Å². The van der Waals surface area contributed by atoms with Gasteiger partial charge in [-0.05, 0) is 39.3 Å². The average molecular weight is 366 g/mol. The van der Waals surface area contributed by atoms with Gasteiger partial charge in [-0.25, -0.2) is 4.79 Å². The zero-order chi connectivity index (χ0) is 19.4. The second-order valence-electron chi connectivity index (χ2n) is 8.54. The van der Waals surface area contributed by atoms with E-state index >= 15 is 0 Å². The first-order valence-corrected chi connectivity index (χ1v) is 9.36. The molecule has 0 saturated carbocycles. The molecule has 1 fully saturated rings. The van der Waals surface area contributed by atoms with E-state index in [1.807, 2.05) is 26.8 Å². The molecule has 0 bridgehead atoms. The molecule has 0 aliphatic carbocycles. The first-order chi connectivity index (χ1) is 12.7. The molecule has 2 atom stereocenters. The number of carbonyl (C=O) groups is 1. The van der Waals surface area contributed by atoms with E-state index in [-0.39, 0.29) is 23.2 Å². The van der Waals surface area contributed by atoms with Gasteiger partial charge in [0.05, 0.1) is 0 Å². The van der Waals surface area contributed by atoms with E-state index in [1.165, 1.54) is 11.1 Å². The predicted molar refractivity (Wildman–Crippen MR) is 104 cm³/mol. The zero-order valence-electron chi connectivity index (χ0n) is 16.2. The summed E-state index contributed by atoms with van der Waals surface area (Å²) in [4.78, 5) is 12.4. The summed E-state index contributed by atoms with van der Waals surface area (Å²) in [6.45, 7) is 7.94. The average Bonchev–Trinajstić information content (AvgIpc) is 2.56. The number of fused-ring (bicyclic) bond motifs is 1. The quantitative estimate of drug-likeness (QED) is 0.711. The van der Waals surface area contributed by atoms with Crippen LogP contribution in [0.1, 0.15) is 54.9 Å². The third-order valence-electron chi connectivity index (χ3n) is 5.58. The summed E-state index contributed by atoms with van der Waals surface area (Å²) in [5.74, 6) is 0.946. The Bertz CT molecular complexity index is 922. The molecule has 2 aliphatic rings. The number of hydrogen-bond donors (Lipinski definition) is 3. The van der Waals surface area contributed by atoms with Crippen molar-refractivity contribution in [3.8, 4) is 11.5 Å². The fourth-order valence-corrected chi connectivity index (χ4v) is 4.51. The molecule has 27 heavy (non-hydrogen) atoms. The molecule has 2 aliphatic heterocycles. The molecule has 5 nitrogen and oxygen atoms in total. The second kappa shape index (κ2) is 5.91. The van der Waals surface area contributed by atoms with Crippen LogP contribution in [0.2, 0.25) is 0 Å². The summed E-state index contributed by atoms with van der Waals surface area (Å²) in [5, 5.41) is 16.2. The first-order valence-electron chi connectivity index (χ1n) is 9.36. The van der Waals surface area contributed by atoms with Gasteiger partial charge in [0, 0.05) is 35.4 Å². The maximum absolute atomic E-state index is 12.4. The van der Waals surface area contributed by atoms with Gasteiger partial charge in [-0.2, -0.15) is 0 Å². The maximum Gasteiger partial charge on any atom is 0.318 e. The summed E-state index contributed by atoms with van der Waals surface area (Å²) in [7, 11) is 0. The molecule has 2 unspecified atom stereocenters. The van der Waals surface area contributed by atoms with Crippen molar-refractivity contribution in [2.45, 2.75) is 57.7 Å². The molecule has 0 radical (unpaired) electrons. The van der Waals surface area contributed by atoms with E-state index in [0.717, 1.165) is 5.56 Å². The highest BCUT2D eigenvalue weighted by molar-refractivity contribution is 5.77. The first kappa shape index (κ1) is 17.7. The SMILES string of the molecule is Cc1cccc(C2CC3(CC(C)(C)NC(=O)N3)Oc3c2ccc(O)c3C)c1. The lowest BCUT2D eigenvalue weighted by molar-refractivity contribution is -0.0241. The molecule has 4 rings (SSSR count). The second-order valence-corrected chi connectivity index (χ2v) is 8.54. The number of aromatic hydroxyl groups is 1. The minimum atomic E-state index is -0.814. The van der Waals surface area contributed by atoms with E-state index in [9.17, 15) is 9.90 Å². The molecule has 3 N–H and O–H groups in total. The molecular formula is C22H26N2O3. The van der Waals surface area contributed by atoms with Crippen LogP contribution in [0.5, 0.6) is 11.5 Å². The molecule has 1 spiro atoms. The number of carbonyl (C=O) groups excluding carboxylic acids is 1. The molecule has 2 aromatic carbocycles. The van der Waals surface area contributed by atoms with E-state index in [1.54, 1.807) is 6.07 Å². The van der Waals surface area contributed by atoms with E-state index in [2.05, 4.69) is 41.8 Å². The Hall–Kier alpha value is -2.69. The van der Waals surface area contributed by atoms with Crippen LogP contribution in [0.15, 0.2) is 36.4 Å². The highest BCUT2D eigenvalue weighted by Crippen LogP contribution is 2.49. The largest absolute Gasteiger partial charge is 0.508 e. The van der Waals surface area contributed by atoms with Gasteiger partial charge in [-0.3, -0.25) is 0 Å². The van der Waals surface area contributed by atoms with E-state index in [0.29, 0.717) is 24.2 Å². The van der Waals surface area contributed by atoms with Crippen LogP contribution in [0.4, 0.5) is 4.79 Å². The third kappa shape index (κ3) is 3.11. The minimum Gasteiger partial charge on any atom is -0.508 e. The number of hydrogen-bond acceptors (Lipinski definition) is 3. The van der Waals surface area contributed by atoms with Gasteiger partial charge in [0.15, 0.2) is 5.72 Å². The van der Waals surface area contributed by atoms with Crippen molar-refractivity contribution in [2.75, 3.05) is 0 Å². The molecule has 2 heterocycles. The van der Waals surface area contributed by atoms with Gasteiger partial charge in [0.1, 0.15) is 11.5 Å². The standard InChI is InChI=1S/C22H26N2O3/c1-13-6-5-7-15(10-13)17-11-22(12-21(3,4)23-20(26)24-22)27-19-14(2)18(25)9-8-16(17)19/h5-10,17,25H,11-12H2,1-4H3,(H2,23,24,26). The Labute approximate surface area is 159 Å². The van der Waals surface area contributed by atoms with Crippen LogP contribution >= 0.6 is 0 Å². The van der Waals surface area contributed by atoms with Gasteiger partial charge < -0.3 is 20.5 Å². The number of urea groups is 1. The third-order valence-corrected chi connectivity index (χ3v) is 5.58. The zero-order valence-corrected chi connectivity index (χ0v) is 16.2. The Morgan fingerprint density at radius 3 is 2.63 bits per heavy atom. The van der Waals surface area contributed by atoms with Crippen LogP contribution in [0.25, 0.3) is 0 Å². The van der Waals surface area contributed by atoms with Crippen molar-refractivity contribution in [1.29, 1.82) is 0 Å². The lowest BCUT2D eigenvalue weighted by atomic mass is 9.76. The summed E-state index contributed by atoms with van der Waals surface area (Å²) >= 11 is 0. The number of rotatable bonds is 1. The number of nitrogens with one attached hydrogen (secondary N) is 2. The van der Waals surface area contributed by atoms with Crippen molar-refractivity contribution in [2.24, 2.45) is 0 Å². The summed E-state index contributed by atoms with van der Waals surface area (Å²) in [5.41, 5.74) is 2.93. The monoisotopic (exact) mass is 366 g/mol. The van der Waals surface area contributed by atoms with Gasteiger partial charge in [-0.15, -0.1) is 0 Å². The minimum absolute atomic E-state index is 0.0714. The number of phenols is 1. The maximum atomic E-state index is 12.4. The predicted octanol–water partition coefficient (Wildman–Crippen LogP) is 4.10. The van der Waals surface area contributed by atoms with Crippen LogP contribution in [-0.4, -0.2) is 22.4 Å². The number of aryl methyl sites for hydroxylation is 1. The van der Waals surface area contributed by atoms with Gasteiger partial charge in [0.2, 0.25) is 0 Å². The van der Waals surface area contributed by atoms with Gasteiger partial charge >= 0.3 is 6.03 Å². The molecule has 1 saturated heterocycles. The fraction of sp³-hybridized carbons (Fsp3) is 0.409. The summed E-state index contributed by atoms with van der Waals surface area (Å²) in [6.07, 6.45) is 1.27.